The molecule has 0 saturated carbocycles. The summed E-state index contributed by atoms with van der Waals surface area (Å²) < 4.78 is 5.58. The van der Waals surface area contributed by atoms with E-state index in [2.05, 4.69) is 5.32 Å². The van der Waals surface area contributed by atoms with Crippen LogP contribution < -0.4 is 10.1 Å². The number of thioether (sulfide) groups is 1. The van der Waals surface area contributed by atoms with Crippen molar-refractivity contribution in [2.45, 2.75) is 18.8 Å². The van der Waals surface area contributed by atoms with Crippen molar-refractivity contribution >= 4 is 40.9 Å². The molecular formula is C18H19Cl2NO2S. The number of rotatable bonds is 8. The van der Waals surface area contributed by atoms with Crippen LogP contribution in [0.1, 0.15) is 12.5 Å². The molecular weight excluding hydrogens is 365 g/mol. The van der Waals surface area contributed by atoms with E-state index in [9.17, 15) is 4.79 Å². The van der Waals surface area contributed by atoms with Crippen LogP contribution in [0.15, 0.2) is 48.5 Å². The highest BCUT2D eigenvalue weighted by molar-refractivity contribution is 7.98. The van der Waals surface area contributed by atoms with Gasteiger partial charge < -0.3 is 10.1 Å². The molecule has 0 heterocycles. The van der Waals surface area contributed by atoms with Gasteiger partial charge in [0.2, 0.25) is 0 Å². The summed E-state index contributed by atoms with van der Waals surface area (Å²) in [5.41, 5.74) is 1.22. The van der Waals surface area contributed by atoms with Gasteiger partial charge in [-0.2, -0.15) is 11.8 Å². The highest BCUT2D eigenvalue weighted by Gasteiger charge is 2.14. The highest BCUT2D eigenvalue weighted by atomic mass is 35.5. The van der Waals surface area contributed by atoms with Gasteiger partial charge in [-0.1, -0.05) is 41.4 Å². The van der Waals surface area contributed by atoms with Crippen molar-refractivity contribution in [3.8, 4) is 5.75 Å². The molecule has 24 heavy (non-hydrogen) atoms. The van der Waals surface area contributed by atoms with E-state index in [1.54, 1.807) is 43.0 Å². The molecule has 0 radical (unpaired) electrons. The van der Waals surface area contributed by atoms with Crippen LogP contribution in [0.4, 0.5) is 0 Å². The molecule has 1 N–H and O–H groups in total. The number of halogens is 2. The van der Waals surface area contributed by atoms with Crippen LogP contribution in [-0.4, -0.2) is 24.3 Å². The largest absolute Gasteiger partial charge is 0.481 e. The van der Waals surface area contributed by atoms with Crippen molar-refractivity contribution in [1.82, 2.24) is 5.32 Å². The van der Waals surface area contributed by atoms with Gasteiger partial charge in [0.05, 0.1) is 0 Å². The number of benzene rings is 2. The number of carbonyl (C=O) groups excluding carboxylic acids is 1. The van der Waals surface area contributed by atoms with Gasteiger partial charge in [0.1, 0.15) is 5.75 Å². The van der Waals surface area contributed by atoms with Crippen molar-refractivity contribution in [1.29, 1.82) is 0 Å². The van der Waals surface area contributed by atoms with Crippen molar-refractivity contribution in [3.05, 3.63) is 64.1 Å². The van der Waals surface area contributed by atoms with Gasteiger partial charge in [-0.25, -0.2) is 0 Å². The van der Waals surface area contributed by atoms with Gasteiger partial charge in [0, 0.05) is 28.1 Å². The summed E-state index contributed by atoms with van der Waals surface area (Å²) in [5, 5.41) is 4.20. The predicted octanol–water partition coefficient (Wildman–Crippen LogP) is 4.81. The Morgan fingerprint density at radius 3 is 2.62 bits per heavy atom. The molecule has 0 bridgehead atoms. The lowest BCUT2D eigenvalue weighted by atomic mass is 10.2. The Morgan fingerprint density at radius 1 is 1.17 bits per heavy atom. The molecule has 1 atom stereocenters. The van der Waals surface area contributed by atoms with Gasteiger partial charge in [-0.3, -0.25) is 4.79 Å². The van der Waals surface area contributed by atoms with Crippen LogP contribution in [0.25, 0.3) is 0 Å². The van der Waals surface area contributed by atoms with Crippen molar-refractivity contribution in [2.24, 2.45) is 0 Å². The summed E-state index contributed by atoms with van der Waals surface area (Å²) in [6.45, 7) is 2.32. The Balaban J connectivity index is 1.64. The fourth-order valence-electron chi connectivity index (χ4n) is 1.96. The third-order valence-corrected chi connectivity index (χ3v) is 4.72. The SMILES string of the molecule is C[C@@H](Oc1cccc(Cl)c1)C(=O)NCCSCc1ccc(Cl)cc1. The van der Waals surface area contributed by atoms with Gasteiger partial charge >= 0.3 is 0 Å². The van der Waals surface area contributed by atoms with Crippen LogP contribution in [0.3, 0.4) is 0 Å². The third-order valence-electron chi connectivity index (χ3n) is 3.21. The minimum absolute atomic E-state index is 0.137. The second kappa shape index (κ2) is 9.82. The predicted molar refractivity (Wildman–Crippen MR) is 102 cm³/mol. The lowest BCUT2D eigenvalue weighted by Crippen LogP contribution is -2.37. The minimum atomic E-state index is -0.565. The molecule has 0 aromatic heterocycles. The van der Waals surface area contributed by atoms with Gasteiger partial charge in [0.15, 0.2) is 6.10 Å². The topological polar surface area (TPSA) is 38.3 Å². The molecule has 0 aliphatic heterocycles. The number of hydrogen-bond acceptors (Lipinski definition) is 3. The van der Waals surface area contributed by atoms with Crippen molar-refractivity contribution in [3.63, 3.8) is 0 Å². The average Bonchev–Trinajstić information content (AvgIpc) is 2.56. The summed E-state index contributed by atoms with van der Waals surface area (Å²) in [6.07, 6.45) is -0.565. The first kappa shape index (κ1) is 19.0. The van der Waals surface area contributed by atoms with Crippen LogP contribution in [0.5, 0.6) is 5.75 Å². The highest BCUT2D eigenvalue weighted by Crippen LogP contribution is 2.18. The standard InChI is InChI=1S/C18H19Cl2NO2S/c1-13(23-17-4-2-3-16(20)11-17)18(22)21-9-10-24-12-14-5-7-15(19)8-6-14/h2-8,11,13H,9-10,12H2,1H3,(H,21,22)/t13-/m1/s1. The normalized spacial score (nSPS) is 11.8. The Morgan fingerprint density at radius 2 is 1.92 bits per heavy atom. The first-order valence-electron chi connectivity index (χ1n) is 7.57. The van der Waals surface area contributed by atoms with E-state index in [1.165, 1.54) is 5.56 Å². The minimum Gasteiger partial charge on any atom is -0.481 e. The fraction of sp³-hybridized carbons (Fsp3) is 0.278. The quantitative estimate of drug-likeness (QED) is 0.664. The monoisotopic (exact) mass is 383 g/mol. The maximum atomic E-state index is 12.0. The number of ether oxygens (including phenoxy) is 1. The zero-order chi connectivity index (χ0) is 17.4. The third kappa shape index (κ3) is 6.63. The van der Waals surface area contributed by atoms with Crippen LogP contribution in [-0.2, 0) is 10.5 Å². The van der Waals surface area contributed by atoms with Crippen LogP contribution in [0, 0.1) is 0 Å². The first-order valence-corrected chi connectivity index (χ1v) is 9.48. The van der Waals surface area contributed by atoms with Gasteiger partial charge in [0.25, 0.3) is 5.91 Å². The molecule has 0 unspecified atom stereocenters. The molecule has 3 nitrogen and oxygen atoms in total. The van der Waals surface area contributed by atoms with Gasteiger partial charge in [-0.05, 0) is 42.8 Å². The van der Waals surface area contributed by atoms with E-state index < -0.39 is 6.10 Å². The molecule has 128 valence electrons. The van der Waals surface area contributed by atoms with Gasteiger partial charge in [-0.15, -0.1) is 0 Å². The average molecular weight is 384 g/mol. The molecule has 0 aliphatic rings. The zero-order valence-electron chi connectivity index (χ0n) is 13.3. The smallest absolute Gasteiger partial charge is 0.260 e. The molecule has 0 spiro atoms. The second-order valence-corrected chi connectivity index (χ2v) is 7.17. The first-order chi connectivity index (χ1) is 11.5. The van der Waals surface area contributed by atoms with Crippen LogP contribution in [0.2, 0.25) is 10.0 Å². The summed E-state index contributed by atoms with van der Waals surface area (Å²) in [6, 6.07) is 14.8. The zero-order valence-corrected chi connectivity index (χ0v) is 15.6. The molecule has 2 aromatic rings. The van der Waals surface area contributed by atoms with E-state index in [0.717, 1.165) is 16.5 Å². The van der Waals surface area contributed by atoms with E-state index in [-0.39, 0.29) is 5.91 Å². The summed E-state index contributed by atoms with van der Waals surface area (Å²) in [4.78, 5) is 12.0. The Hall–Kier alpha value is -1.36. The molecule has 2 aromatic carbocycles. The van der Waals surface area contributed by atoms with E-state index in [0.29, 0.717) is 17.3 Å². The maximum Gasteiger partial charge on any atom is 0.260 e. The number of carbonyl (C=O) groups is 1. The summed E-state index contributed by atoms with van der Waals surface area (Å²) in [5.74, 6) is 2.17. The Kier molecular flexibility index (Phi) is 7.76. The molecule has 0 saturated heterocycles. The van der Waals surface area contributed by atoms with E-state index in [1.807, 2.05) is 24.3 Å². The second-order valence-electron chi connectivity index (χ2n) is 5.19. The van der Waals surface area contributed by atoms with E-state index in [4.69, 9.17) is 27.9 Å². The van der Waals surface area contributed by atoms with Crippen molar-refractivity contribution < 1.29 is 9.53 Å². The lowest BCUT2D eigenvalue weighted by Gasteiger charge is -2.14. The number of nitrogens with one attached hydrogen (secondary N) is 1. The number of hydrogen-bond donors (Lipinski definition) is 1. The maximum absolute atomic E-state index is 12.0. The summed E-state index contributed by atoms with van der Waals surface area (Å²) in [7, 11) is 0. The summed E-state index contributed by atoms with van der Waals surface area (Å²) >= 11 is 13.5. The Bertz CT molecular complexity index is 664. The lowest BCUT2D eigenvalue weighted by molar-refractivity contribution is -0.127. The fourth-order valence-corrected chi connectivity index (χ4v) is 3.08. The molecule has 0 fully saturated rings. The molecule has 6 heteroatoms. The molecule has 1 amide bonds. The van der Waals surface area contributed by atoms with E-state index >= 15 is 0 Å². The molecule has 2 rings (SSSR count). The Labute approximate surface area is 156 Å². The number of amides is 1. The van der Waals surface area contributed by atoms with Crippen molar-refractivity contribution in [2.75, 3.05) is 12.3 Å². The molecule has 0 aliphatic carbocycles. The van der Waals surface area contributed by atoms with Crippen LogP contribution >= 0.6 is 35.0 Å².